The Morgan fingerprint density at radius 3 is 2.56 bits per heavy atom. The summed E-state index contributed by atoms with van der Waals surface area (Å²) in [6.07, 6.45) is 0.104. The molecular formula is C20H21F2N3O2. The number of rotatable bonds is 4. The molecule has 5 nitrogen and oxygen atoms in total. The third kappa shape index (κ3) is 4.68. The van der Waals surface area contributed by atoms with Gasteiger partial charge in [-0.25, -0.2) is 8.78 Å². The Bertz CT molecular complexity index is 840. The molecule has 2 aromatic rings. The second-order valence-electron chi connectivity index (χ2n) is 6.55. The largest absolute Gasteiger partial charge is 0.328 e. The normalized spacial score (nSPS) is 16.9. The molecule has 2 amide bonds. The number of carbonyl (C=O) groups excluding carboxylic acids is 2. The second kappa shape index (κ2) is 8.26. The number of nitrogens with one attached hydrogen (secondary N) is 2. The fraction of sp³-hybridized carbons (Fsp3) is 0.300. The number of anilines is 1. The average Bonchev–Trinajstić information content (AvgIpc) is 2.66. The number of halogens is 2. The van der Waals surface area contributed by atoms with Crippen molar-refractivity contribution in [3.05, 3.63) is 65.2 Å². The van der Waals surface area contributed by atoms with Crippen LogP contribution in [0.15, 0.2) is 42.5 Å². The highest BCUT2D eigenvalue weighted by Gasteiger charge is 2.32. The lowest BCUT2D eigenvalue weighted by Gasteiger charge is -2.35. The van der Waals surface area contributed by atoms with Crippen LogP contribution in [0.1, 0.15) is 11.1 Å². The topological polar surface area (TPSA) is 61.4 Å². The molecule has 2 aromatic carbocycles. The van der Waals surface area contributed by atoms with Crippen molar-refractivity contribution in [2.24, 2.45) is 0 Å². The molecule has 1 aliphatic heterocycles. The Morgan fingerprint density at radius 1 is 1.15 bits per heavy atom. The lowest BCUT2D eigenvalue weighted by molar-refractivity contribution is -0.139. The minimum Gasteiger partial charge on any atom is -0.328 e. The van der Waals surface area contributed by atoms with Crippen molar-refractivity contribution in [3.63, 3.8) is 0 Å². The number of hydrogen-bond donors (Lipinski definition) is 2. The van der Waals surface area contributed by atoms with E-state index in [0.29, 0.717) is 30.9 Å². The number of aryl methyl sites for hydroxylation is 1. The Hall–Kier alpha value is -2.80. The Morgan fingerprint density at radius 2 is 1.85 bits per heavy atom. The Kier molecular flexibility index (Phi) is 5.81. The van der Waals surface area contributed by atoms with Gasteiger partial charge >= 0.3 is 0 Å². The molecule has 1 atom stereocenters. The number of piperazine rings is 1. The predicted octanol–water partition coefficient (Wildman–Crippen LogP) is 2.25. The van der Waals surface area contributed by atoms with Crippen LogP contribution in [0.5, 0.6) is 0 Å². The predicted molar refractivity (Wildman–Crippen MR) is 98.2 cm³/mol. The van der Waals surface area contributed by atoms with E-state index in [1.54, 1.807) is 13.0 Å². The summed E-state index contributed by atoms with van der Waals surface area (Å²) in [4.78, 5) is 27.0. The highest BCUT2D eigenvalue weighted by atomic mass is 19.1. The van der Waals surface area contributed by atoms with Crippen LogP contribution < -0.4 is 10.6 Å². The third-order valence-electron chi connectivity index (χ3n) is 4.62. The molecule has 1 heterocycles. The van der Waals surface area contributed by atoms with Gasteiger partial charge in [-0.15, -0.1) is 0 Å². The van der Waals surface area contributed by atoms with Gasteiger partial charge < -0.3 is 15.5 Å². The third-order valence-corrected chi connectivity index (χ3v) is 4.62. The summed E-state index contributed by atoms with van der Waals surface area (Å²) in [6, 6.07) is 9.10. The van der Waals surface area contributed by atoms with Crippen molar-refractivity contribution in [2.45, 2.75) is 19.4 Å². The van der Waals surface area contributed by atoms with Gasteiger partial charge in [-0.2, -0.15) is 0 Å². The Labute approximate surface area is 156 Å². The zero-order valence-electron chi connectivity index (χ0n) is 15.0. The zero-order valence-corrected chi connectivity index (χ0v) is 15.0. The molecule has 3 rings (SSSR count). The average molecular weight is 373 g/mol. The van der Waals surface area contributed by atoms with Crippen molar-refractivity contribution in [1.29, 1.82) is 0 Å². The van der Waals surface area contributed by atoms with Crippen LogP contribution in [0.3, 0.4) is 0 Å². The van der Waals surface area contributed by atoms with Crippen molar-refractivity contribution in [2.75, 3.05) is 25.0 Å². The summed E-state index contributed by atoms with van der Waals surface area (Å²) in [5.74, 6) is -1.26. The van der Waals surface area contributed by atoms with Gasteiger partial charge in [0.15, 0.2) is 0 Å². The minimum atomic E-state index is -0.669. The van der Waals surface area contributed by atoms with Crippen LogP contribution in [0.2, 0.25) is 0 Å². The van der Waals surface area contributed by atoms with Crippen LogP contribution in [0, 0.1) is 18.6 Å². The highest BCUT2D eigenvalue weighted by molar-refractivity contribution is 5.97. The van der Waals surface area contributed by atoms with Crippen molar-refractivity contribution in [3.8, 4) is 0 Å². The number of hydrogen-bond acceptors (Lipinski definition) is 3. The van der Waals surface area contributed by atoms with E-state index in [1.165, 1.54) is 41.3 Å². The number of nitrogens with zero attached hydrogens (tertiary/aromatic N) is 1. The van der Waals surface area contributed by atoms with Gasteiger partial charge in [-0.1, -0.05) is 6.07 Å². The monoisotopic (exact) mass is 373 g/mol. The summed E-state index contributed by atoms with van der Waals surface area (Å²) in [6.45, 7) is 3.08. The number of carbonyl (C=O) groups is 2. The number of benzene rings is 2. The first kappa shape index (κ1) is 19.0. The quantitative estimate of drug-likeness (QED) is 0.864. The highest BCUT2D eigenvalue weighted by Crippen LogP contribution is 2.15. The fourth-order valence-electron chi connectivity index (χ4n) is 3.12. The molecule has 142 valence electrons. The molecule has 0 spiro atoms. The summed E-state index contributed by atoms with van der Waals surface area (Å²) in [5, 5.41) is 5.83. The van der Waals surface area contributed by atoms with Gasteiger partial charge in [0, 0.05) is 25.3 Å². The molecule has 0 aliphatic carbocycles. The molecule has 7 heteroatoms. The van der Waals surface area contributed by atoms with E-state index < -0.39 is 6.04 Å². The van der Waals surface area contributed by atoms with E-state index in [4.69, 9.17) is 0 Å². The molecule has 1 aliphatic rings. The molecule has 0 radical (unpaired) electrons. The fourth-order valence-corrected chi connectivity index (χ4v) is 3.12. The first-order chi connectivity index (χ1) is 12.9. The molecule has 1 saturated heterocycles. The van der Waals surface area contributed by atoms with E-state index in [9.17, 15) is 18.4 Å². The van der Waals surface area contributed by atoms with Gasteiger partial charge in [0.25, 0.3) is 0 Å². The maximum Gasteiger partial charge on any atom is 0.248 e. The molecule has 0 saturated carbocycles. The van der Waals surface area contributed by atoms with E-state index in [-0.39, 0.29) is 29.9 Å². The summed E-state index contributed by atoms with van der Waals surface area (Å²) < 4.78 is 26.3. The van der Waals surface area contributed by atoms with Crippen molar-refractivity contribution < 1.29 is 18.4 Å². The summed E-state index contributed by atoms with van der Waals surface area (Å²) >= 11 is 0. The van der Waals surface area contributed by atoms with Crippen LogP contribution in [-0.2, 0) is 16.0 Å². The molecule has 0 unspecified atom stereocenters. The van der Waals surface area contributed by atoms with E-state index in [1.807, 2.05) is 0 Å². The lowest BCUT2D eigenvalue weighted by Crippen LogP contribution is -2.58. The van der Waals surface area contributed by atoms with E-state index in [0.717, 1.165) is 5.56 Å². The number of amides is 2. The Balaban J connectivity index is 1.71. The van der Waals surface area contributed by atoms with Gasteiger partial charge in [0.2, 0.25) is 11.8 Å². The lowest BCUT2D eigenvalue weighted by atomic mass is 10.0. The van der Waals surface area contributed by atoms with Crippen LogP contribution in [0.25, 0.3) is 0 Å². The summed E-state index contributed by atoms with van der Waals surface area (Å²) in [5.41, 5.74) is 1.90. The van der Waals surface area contributed by atoms with Gasteiger partial charge in [0.1, 0.15) is 17.7 Å². The molecule has 27 heavy (non-hydrogen) atoms. The standard InChI is InChI=1S/C20H21F2N3O2/c1-13-10-16(22)3-2-14(13)11-19(26)25-9-8-23-12-18(25)20(27)24-17-6-4-15(21)5-7-17/h2-7,10,18,23H,8-9,11-12H2,1H3,(H,24,27)/t18-/m1/s1. The van der Waals surface area contributed by atoms with Gasteiger partial charge in [-0.3, -0.25) is 9.59 Å². The maximum atomic E-state index is 13.3. The molecule has 1 fully saturated rings. The SMILES string of the molecule is Cc1cc(F)ccc1CC(=O)N1CCNC[C@@H]1C(=O)Nc1ccc(F)cc1. The molecule has 0 aromatic heterocycles. The van der Waals surface area contributed by atoms with Crippen LogP contribution in [0.4, 0.5) is 14.5 Å². The molecule has 2 N–H and O–H groups in total. The minimum absolute atomic E-state index is 0.104. The van der Waals surface area contributed by atoms with Crippen LogP contribution in [-0.4, -0.2) is 42.4 Å². The van der Waals surface area contributed by atoms with Crippen molar-refractivity contribution >= 4 is 17.5 Å². The summed E-state index contributed by atoms with van der Waals surface area (Å²) in [7, 11) is 0. The van der Waals surface area contributed by atoms with E-state index >= 15 is 0 Å². The van der Waals surface area contributed by atoms with Gasteiger partial charge in [-0.05, 0) is 54.4 Å². The van der Waals surface area contributed by atoms with Gasteiger partial charge in [0.05, 0.1) is 6.42 Å². The second-order valence-corrected chi connectivity index (χ2v) is 6.55. The van der Waals surface area contributed by atoms with E-state index in [2.05, 4.69) is 10.6 Å². The first-order valence-corrected chi connectivity index (χ1v) is 8.75. The molecular weight excluding hydrogens is 352 g/mol. The van der Waals surface area contributed by atoms with Crippen molar-refractivity contribution in [1.82, 2.24) is 10.2 Å². The first-order valence-electron chi connectivity index (χ1n) is 8.75. The smallest absolute Gasteiger partial charge is 0.248 e. The van der Waals surface area contributed by atoms with Crippen LogP contribution >= 0.6 is 0 Å². The maximum absolute atomic E-state index is 13.3. The molecule has 0 bridgehead atoms. The zero-order chi connectivity index (χ0) is 19.4.